The molecule has 0 aromatic heterocycles. The second-order valence-corrected chi connectivity index (χ2v) is 3.94. The summed E-state index contributed by atoms with van der Waals surface area (Å²) in [4.78, 5) is 11.9. The molecular formula is C15H14O2. The van der Waals surface area contributed by atoms with E-state index in [9.17, 15) is 9.90 Å². The zero-order valence-electron chi connectivity index (χ0n) is 9.41. The minimum absolute atomic E-state index is 0.227. The summed E-state index contributed by atoms with van der Waals surface area (Å²) in [5.41, 5.74) is 1.51. The van der Waals surface area contributed by atoms with Crippen LogP contribution in [0.3, 0.4) is 0 Å². The first-order valence-electron chi connectivity index (χ1n) is 5.58. The smallest absolute Gasteiger partial charge is 0.191 e. The van der Waals surface area contributed by atoms with E-state index < -0.39 is 6.10 Å². The van der Waals surface area contributed by atoms with Gasteiger partial charge in [0.1, 0.15) is 6.10 Å². The lowest BCUT2D eigenvalue weighted by Crippen LogP contribution is -2.22. The van der Waals surface area contributed by atoms with Crippen molar-refractivity contribution >= 4 is 5.78 Å². The number of hydrogen-bond acceptors (Lipinski definition) is 2. The summed E-state index contributed by atoms with van der Waals surface area (Å²) in [5.74, 6) is -0.227. The van der Waals surface area contributed by atoms with Crippen molar-refractivity contribution in [2.45, 2.75) is 12.5 Å². The third-order valence-electron chi connectivity index (χ3n) is 2.63. The lowest BCUT2D eigenvalue weighted by molar-refractivity contribution is 0.0748. The van der Waals surface area contributed by atoms with E-state index in [-0.39, 0.29) is 5.78 Å². The molecule has 2 nitrogen and oxygen atoms in total. The fourth-order valence-electron chi connectivity index (χ4n) is 1.72. The SMILES string of the molecule is O=C(c1ccccc1)[C@H](O)Cc1ccccc1. The van der Waals surface area contributed by atoms with Crippen molar-refractivity contribution in [1.29, 1.82) is 0 Å². The van der Waals surface area contributed by atoms with Crippen LogP contribution in [0.25, 0.3) is 0 Å². The topological polar surface area (TPSA) is 37.3 Å². The Morgan fingerprint density at radius 2 is 1.47 bits per heavy atom. The molecule has 0 amide bonds. The largest absolute Gasteiger partial charge is 0.385 e. The van der Waals surface area contributed by atoms with Crippen molar-refractivity contribution in [3.63, 3.8) is 0 Å². The van der Waals surface area contributed by atoms with Crippen molar-refractivity contribution in [2.24, 2.45) is 0 Å². The molecule has 0 saturated carbocycles. The lowest BCUT2D eigenvalue weighted by atomic mass is 10.0. The van der Waals surface area contributed by atoms with Crippen molar-refractivity contribution in [3.8, 4) is 0 Å². The van der Waals surface area contributed by atoms with Crippen LogP contribution in [-0.4, -0.2) is 17.0 Å². The van der Waals surface area contributed by atoms with Crippen LogP contribution in [0.15, 0.2) is 60.7 Å². The van der Waals surface area contributed by atoms with E-state index in [1.165, 1.54) is 0 Å². The maximum absolute atomic E-state index is 11.9. The van der Waals surface area contributed by atoms with Crippen LogP contribution in [0, 0.1) is 0 Å². The molecule has 0 heterocycles. The van der Waals surface area contributed by atoms with Crippen LogP contribution >= 0.6 is 0 Å². The number of Topliss-reactive ketones (excluding diaryl/α,β-unsaturated/α-hetero) is 1. The molecule has 2 aromatic rings. The number of carbonyl (C=O) groups is 1. The number of aliphatic hydroxyl groups is 1. The van der Waals surface area contributed by atoms with Crippen molar-refractivity contribution < 1.29 is 9.90 Å². The van der Waals surface area contributed by atoms with Crippen LogP contribution in [-0.2, 0) is 6.42 Å². The van der Waals surface area contributed by atoms with Crippen molar-refractivity contribution in [1.82, 2.24) is 0 Å². The zero-order chi connectivity index (χ0) is 12.1. The molecule has 0 fully saturated rings. The first-order valence-corrected chi connectivity index (χ1v) is 5.58. The molecule has 2 heteroatoms. The van der Waals surface area contributed by atoms with Gasteiger partial charge in [-0.15, -0.1) is 0 Å². The highest BCUT2D eigenvalue weighted by Gasteiger charge is 2.16. The monoisotopic (exact) mass is 226 g/mol. The number of carbonyl (C=O) groups excluding carboxylic acids is 1. The third kappa shape index (κ3) is 3.02. The molecule has 0 aliphatic heterocycles. The van der Waals surface area contributed by atoms with E-state index in [2.05, 4.69) is 0 Å². The van der Waals surface area contributed by atoms with Gasteiger partial charge in [0.2, 0.25) is 0 Å². The Balaban J connectivity index is 2.06. The van der Waals surface area contributed by atoms with Gasteiger partial charge in [0.15, 0.2) is 5.78 Å². The van der Waals surface area contributed by atoms with E-state index in [0.717, 1.165) is 5.56 Å². The summed E-state index contributed by atoms with van der Waals surface area (Å²) >= 11 is 0. The molecule has 17 heavy (non-hydrogen) atoms. The van der Waals surface area contributed by atoms with Gasteiger partial charge in [0.05, 0.1) is 0 Å². The maximum atomic E-state index is 11.9. The Morgan fingerprint density at radius 1 is 0.941 bits per heavy atom. The highest BCUT2D eigenvalue weighted by Crippen LogP contribution is 2.09. The lowest BCUT2D eigenvalue weighted by Gasteiger charge is -2.09. The van der Waals surface area contributed by atoms with Crippen LogP contribution in [0.1, 0.15) is 15.9 Å². The van der Waals surface area contributed by atoms with E-state index in [1.807, 2.05) is 36.4 Å². The first-order chi connectivity index (χ1) is 8.27. The average Bonchev–Trinajstić information content (AvgIpc) is 2.40. The van der Waals surface area contributed by atoms with E-state index in [0.29, 0.717) is 12.0 Å². The quantitative estimate of drug-likeness (QED) is 0.813. The van der Waals surface area contributed by atoms with Gasteiger partial charge >= 0.3 is 0 Å². The van der Waals surface area contributed by atoms with Gasteiger partial charge in [-0.3, -0.25) is 4.79 Å². The predicted octanol–water partition coefficient (Wildman–Crippen LogP) is 2.47. The minimum atomic E-state index is -0.972. The van der Waals surface area contributed by atoms with Crippen LogP contribution < -0.4 is 0 Å². The Kier molecular flexibility index (Phi) is 3.68. The molecule has 0 aliphatic carbocycles. The van der Waals surface area contributed by atoms with Gasteiger partial charge < -0.3 is 5.11 Å². The Morgan fingerprint density at radius 3 is 2.06 bits per heavy atom. The molecular weight excluding hydrogens is 212 g/mol. The number of aliphatic hydroxyl groups excluding tert-OH is 1. The van der Waals surface area contributed by atoms with Crippen LogP contribution in [0.5, 0.6) is 0 Å². The molecule has 0 unspecified atom stereocenters. The Hall–Kier alpha value is -1.93. The van der Waals surface area contributed by atoms with Gasteiger partial charge in [0.25, 0.3) is 0 Å². The summed E-state index contributed by atoms with van der Waals surface area (Å²) in [7, 11) is 0. The van der Waals surface area contributed by atoms with Gasteiger partial charge in [-0.1, -0.05) is 60.7 Å². The van der Waals surface area contributed by atoms with Crippen molar-refractivity contribution in [3.05, 3.63) is 71.8 Å². The third-order valence-corrected chi connectivity index (χ3v) is 2.63. The molecule has 1 N–H and O–H groups in total. The van der Waals surface area contributed by atoms with Gasteiger partial charge in [-0.2, -0.15) is 0 Å². The zero-order valence-corrected chi connectivity index (χ0v) is 9.41. The first kappa shape index (κ1) is 11.6. The van der Waals surface area contributed by atoms with E-state index >= 15 is 0 Å². The molecule has 1 atom stereocenters. The fourth-order valence-corrected chi connectivity index (χ4v) is 1.72. The molecule has 2 rings (SSSR count). The standard InChI is InChI=1S/C15H14O2/c16-14(11-12-7-3-1-4-8-12)15(17)13-9-5-2-6-10-13/h1-10,14,16H,11H2/t14-/m1/s1. The summed E-state index contributed by atoms with van der Waals surface area (Å²) in [6.45, 7) is 0. The maximum Gasteiger partial charge on any atom is 0.191 e. The molecule has 0 saturated heterocycles. The summed E-state index contributed by atoms with van der Waals surface area (Å²) < 4.78 is 0. The average molecular weight is 226 g/mol. The van der Waals surface area contributed by atoms with E-state index in [1.54, 1.807) is 24.3 Å². The molecule has 0 radical (unpaired) electrons. The molecule has 86 valence electrons. The van der Waals surface area contributed by atoms with Crippen LogP contribution in [0.2, 0.25) is 0 Å². The van der Waals surface area contributed by atoms with Crippen LogP contribution in [0.4, 0.5) is 0 Å². The summed E-state index contributed by atoms with van der Waals surface area (Å²) in [5, 5.41) is 9.88. The molecule has 0 aliphatic rings. The summed E-state index contributed by atoms with van der Waals surface area (Å²) in [6.07, 6.45) is -0.617. The number of rotatable bonds is 4. The normalized spacial score (nSPS) is 12.1. The second kappa shape index (κ2) is 5.41. The minimum Gasteiger partial charge on any atom is -0.385 e. The highest BCUT2D eigenvalue weighted by atomic mass is 16.3. The molecule has 2 aromatic carbocycles. The summed E-state index contributed by atoms with van der Waals surface area (Å²) in [6, 6.07) is 18.4. The second-order valence-electron chi connectivity index (χ2n) is 3.94. The Bertz CT molecular complexity index is 477. The highest BCUT2D eigenvalue weighted by molar-refractivity contribution is 5.99. The van der Waals surface area contributed by atoms with E-state index in [4.69, 9.17) is 0 Å². The predicted molar refractivity (Wildman–Crippen MR) is 66.9 cm³/mol. The number of hydrogen-bond donors (Lipinski definition) is 1. The van der Waals surface area contributed by atoms with Crippen molar-refractivity contribution in [2.75, 3.05) is 0 Å². The van der Waals surface area contributed by atoms with Gasteiger partial charge in [0, 0.05) is 12.0 Å². The number of ketones is 1. The van der Waals surface area contributed by atoms with Gasteiger partial charge in [-0.25, -0.2) is 0 Å². The molecule has 0 spiro atoms. The number of benzene rings is 2. The Labute approximate surface area is 101 Å². The van der Waals surface area contributed by atoms with Gasteiger partial charge in [-0.05, 0) is 5.56 Å². The molecule has 0 bridgehead atoms. The fraction of sp³-hybridized carbons (Fsp3) is 0.133.